The molecule has 1 aliphatic heterocycles. The highest BCUT2D eigenvalue weighted by molar-refractivity contribution is 8.00. The van der Waals surface area contributed by atoms with E-state index in [0.717, 1.165) is 0 Å². The van der Waals surface area contributed by atoms with Crippen LogP contribution in [0, 0.1) is 0 Å². The van der Waals surface area contributed by atoms with Crippen LogP contribution in [-0.4, -0.2) is 65.9 Å². The van der Waals surface area contributed by atoms with E-state index in [9.17, 15) is 14.4 Å². The van der Waals surface area contributed by atoms with E-state index in [2.05, 4.69) is 5.32 Å². The fourth-order valence-electron chi connectivity index (χ4n) is 2.25. The van der Waals surface area contributed by atoms with Crippen LogP contribution in [0.2, 0.25) is 0 Å². The van der Waals surface area contributed by atoms with Crippen LogP contribution in [0.15, 0.2) is 24.3 Å². The highest BCUT2D eigenvalue weighted by Crippen LogP contribution is 2.17. The van der Waals surface area contributed by atoms with Crippen LogP contribution in [0.4, 0.5) is 5.69 Å². The number of anilines is 1. The maximum Gasteiger partial charge on any atom is 0.243 e. The number of carbonyl (C=O) groups is 3. The third-order valence-electron chi connectivity index (χ3n) is 3.57. The maximum atomic E-state index is 12.3. The van der Waals surface area contributed by atoms with Gasteiger partial charge in [-0.3, -0.25) is 14.4 Å². The van der Waals surface area contributed by atoms with Crippen molar-refractivity contribution in [1.29, 1.82) is 0 Å². The van der Waals surface area contributed by atoms with Gasteiger partial charge in [0, 0.05) is 18.3 Å². The smallest absolute Gasteiger partial charge is 0.243 e. The molecule has 1 aliphatic rings. The van der Waals surface area contributed by atoms with Crippen LogP contribution in [0.3, 0.4) is 0 Å². The number of hydrogen-bond donors (Lipinski definition) is 1. The lowest BCUT2D eigenvalue weighted by Crippen LogP contribution is -2.44. The van der Waals surface area contributed by atoms with Crippen LogP contribution >= 0.6 is 11.8 Å². The molecule has 1 aromatic carbocycles. The Balaban J connectivity index is 1.89. The van der Waals surface area contributed by atoms with Crippen LogP contribution in [-0.2, 0) is 14.4 Å². The van der Waals surface area contributed by atoms with E-state index in [1.165, 1.54) is 21.6 Å². The largest absolute Gasteiger partial charge is 0.497 e. The Kier molecular flexibility index (Phi) is 6.48. The van der Waals surface area contributed by atoms with Crippen molar-refractivity contribution in [2.24, 2.45) is 0 Å². The first-order chi connectivity index (χ1) is 11.5. The van der Waals surface area contributed by atoms with Crippen molar-refractivity contribution < 1.29 is 19.1 Å². The number of benzene rings is 1. The first kappa shape index (κ1) is 18.1. The van der Waals surface area contributed by atoms with Gasteiger partial charge >= 0.3 is 0 Å². The zero-order valence-corrected chi connectivity index (χ0v) is 14.6. The summed E-state index contributed by atoms with van der Waals surface area (Å²) in [6, 6.07) is 7.01. The average molecular weight is 351 g/mol. The predicted octanol–water partition coefficient (Wildman–Crippen LogP) is 1.02. The summed E-state index contributed by atoms with van der Waals surface area (Å²) < 4.78 is 5.11. The van der Waals surface area contributed by atoms with E-state index in [0.29, 0.717) is 29.6 Å². The molecule has 0 unspecified atom stereocenters. The molecule has 3 amide bonds. The average Bonchev–Trinajstić information content (AvgIpc) is 2.97. The summed E-state index contributed by atoms with van der Waals surface area (Å²) in [4.78, 5) is 39.0. The van der Waals surface area contributed by atoms with Crippen LogP contribution in [0.1, 0.15) is 6.92 Å². The number of thioether (sulfide) groups is 1. The molecule has 1 saturated heterocycles. The third kappa shape index (κ3) is 4.89. The Morgan fingerprint density at radius 2 is 2.21 bits per heavy atom. The van der Waals surface area contributed by atoms with Gasteiger partial charge in [-0.2, -0.15) is 0 Å². The number of hydrogen-bond acceptors (Lipinski definition) is 5. The predicted molar refractivity (Wildman–Crippen MR) is 92.9 cm³/mol. The molecule has 0 aliphatic carbocycles. The van der Waals surface area contributed by atoms with Crippen molar-refractivity contribution >= 4 is 35.2 Å². The first-order valence-corrected chi connectivity index (χ1v) is 8.76. The van der Waals surface area contributed by atoms with Gasteiger partial charge in [0.2, 0.25) is 17.7 Å². The highest BCUT2D eigenvalue weighted by Gasteiger charge is 2.25. The Labute approximate surface area is 145 Å². The molecule has 1 N–H and O–H groups in total. The van der Waals surface area contributed by atoms with Gasteiger partial charge in [0.15, 0.2) is 0 Å². The van der Waals surface area contributed by atoms with Gasteiger partial charge in [0.25, 0.3) is 0 Å². The number of amides is 3. The van der Waals surface area contributed by atoms with Gasteiger partial charge in [-0.15, -0.1) is 11.8 Å². The van der Waals surface area contributed by atoms with Gasteiger partial charge in [0.1, 0.15) is 12.3 Å². The van der Waals surface area contributed by atoms with Crippen molar-refractivity contribution in [3.63, 3.8) is 0 Å². The molecular formula is C16H21N3O4S. The molecular weight excluding hydrogens is 330 g/mol. The maximum absolute atomic E-state index is 12.3. The minimum Gasteiger partial charge on any atom is -0.497 e. The summed E-state index contributed by atoms with van der Waals surface area (Å²) in [5, 5.41) is 2.74. The van der Waals surface area contributed by atoms with E-state index < -0.39 is 0 Å². The van der Waals surface area contributed by atoms with Crippen LogP contribution in [0.25, 0.3) is 0 Å². The molecule has 0 bridgehead atoms. The van der Waals surface area contributed by atoms with E-state index in [1.54, 1.807) is 38.3 Å². The van der Waals surface area contributed by atoms with Gasteiger partial charge in [-0.1, -0.05) is 6.07 Å². The van der Waals surface area contributed by atoms with Crippen molar-refractivity contribution in [1.82, 2.24) is 9.80 Å². The number of carbonyl (C=O) groups excluding carboxylic acids is 3. The third-order valence-corrected chi connectivity index (χ3v) is 4.52. The van der Waals surface area contributed by atoms with E-state index in [-0.39, 0.29) is 30.8 Å². The quantitative estimate of drug-likeness (QED) is 0.793. The summed E-state index contributed by atoms with van der Waals surface area (Å²) >= 11 is 1.49. The highest BCUT2D eigenvalue weighted by atomic mass is 32.2. The molecule has 0 atom stereocenters. The number of nitrogens with one attached hydrogen (secondary N) is 1. The number of ether oxygens (including phenoxy) is 1. The molecule has 130 valence electrons. The molecule has 0 saturated carbocycles. The van der Waals surface area contributed by atoms with Crippen molar-refractivity contribution in [3.05, 3.63) is 24.3 Å². The lowest BCUT2D eigenvalue weighted by molar-refractivity contribution is -0.139. The molecule has 8 heteroatoms. The van der Waals surface area contributed by atoms with Crippen molar-refractivity contribution in [3.8, 4) is 5.75 Å². The fourth-order valence-corrected chi connectivity index (χ4v) is 3.16. The Hall–Kier alpha value is -2.22. The lowest BCUT2D eigenvalue weighted by atomic mass is 10.3. The summed E-state index contributed by atoms with van der Waals surface area (Å²) in [5.74, 6) is 1.02. The zero-order chi connectivity index (χ0) is 17.5. The van der Waals surface area contributed by atoms with Gasteiger partial charge in [-0.05, 0) is 19.1 Å². The molecule has 0 radical (unpaired) electrons. The SMILES string of the molecule is CCN(CC(=O)Nc1cccc(OC)c1)C(=O)CN1CSCC1=O. The summed E-state index contributed by atoms with van der Waals surface area (Å²) in [6.07, 6.45) is 0. The molecule has 1 fully saturated rings. The molecule has 24 heavy (non-hydrogen) atoms. The summed E-state index contributed by atoms with van der Waals surface area (Å²) in [6.45, 7) is 2.17. The second-order valence-corrected chi connectivity index (χ2v) is 6.21. The van der Waals surface area contributed by atoms with E-state index >= 15 is 0 Å². The normalized spacial score (nSPS) is 13.8. The molecule has 7 nitrogen and oxygen atoms in total. The number of nitrogens with zero attached hydrogens (tertiary/aromatic N) is 2. The van der Waals surface area contributed by atoms with Gasteiger partial charge < -0.3 is 19.9 Å². The standard InChI is InChI=1S/C16H21N3O4S/c1-3-18(15(21)9-19-11-24-10-16(19)22)8-14(20)17-12-5-4-6-13(7-12)23-2/h4-7H,3,8-11H2,1-2H3,(H,17,20). The second kappa shape index (κ2) is 8.58. The van der Waals surface area contributed by atoms with Crippen LogP contribution < -0.4 is 10.1 Å². The molecule has 0 aromatic heterocycles. The van der Waals surface area contributed by atoms with Gasteiger partial charge in [-0.25, -0.2) is 0 Å². The fraction of sp³-hybridized carbons (Fsp3) is 0.438. The van der Waals surface area contributed by atoms with Crippen molar-refractivity contribution in [2.45, 2.75) is 6.92 Å². The monoisotopic (exact) mass is 351 g/mol. The lowest BCUT2D eigenvalue weighted by Gasteiger charge is -2.23. The minimum atomic E-state index is -0.291. The Bertz CT molecular complexity index is 623. The zero-order valence-electron chi connectivity index (χ0n) is 13.8. The van der Waals surface area contributed by atoms with Gasteiger partial charge in [0.05, 0.1) is 25.3 Å². The number of likely N-dealkylation sites (N-methyl/N-ethyl adjacent to an activating group) is 1. The molecule has 1 aromatic rings. The van der Waals surface area contributed by atoms with E-state index in [4.69, 9.17) is 4.74 Å². The first-order valence-electron chi connectivity index (χ1n) is 7.60. The minimum absolute atomic E-state index is 0.0200. The topological polar surface area (TPSA) is 79.0 Å². The Morgan fingerprint density at radius 1 is 1.42 bits per heavy atom. The number of methoxy groups -OCH3 is 1. The van der Waals surface area contributed by atoms with Crippen molar-refractivity contribution in [2.75, 3.05) is 43.7 Å². The Morgan fingerprint density at radius 3 is 2.83 bits per heavy atom. The van der Waals surface area contributed by atoms with E-state index in [1.807, 2.05) is 0 Å². The summed E-state index contributed by atoms with van der Waals surface area (Å²) in [5.41, 5.74) is 0.606. The van der Waals surface area contributed by atoms with Crippen LogP contribution in [0.5, 0.6) is 5.75 Å². The molecule has 0 spiro atoms. The number of rotatable bonds is 7. The summed E-state index contributed by atoms with van der Waals surface area (Å²) in [7, 11) is 1.55. The second-order valence-electron chi connectivity index (χ2n) is 5.26. The molecule has 2 rings (SSSR count). The molecule has 1 heterocycles.